The lowest BCUT2D eigenvalue weighted by molar-refractivity contribution is -0.136. The molecule has 0 saturated carbocycles. The van der Waals surface area contributed by atoms with Crippen molar-refractivity contribution in [2.75, 3.05) is 17.2 Å². The first kappa shape index (κ1) is 18.4. The van der Waals surface area contributed by atoms with Gasteiger partial charge in [-0.05, 0) is 49.2 Å². The van der Waals surface area contributed by atoms with Crippen LogP contribution in [-0.2, 0) is 14.4 Å². The number of hydrogen-bond acceptors (Lipinski definition) is 4. The number of carbonyl (C=O) groups excluding carboxylic acids is 3. The summed E-state index contributed by atoms with van der Waals surface area (Å²) in [6.45, 7) is 5.45. The first-order valence-corrected chi connectivity index (χ1v) is 8.73. The highest BCUT2D eigenvalue weighted by Gasteiger charge is 2.38. The Bertz CT molecular complexity index is 945. The summed E-state index contributed by atoms with van der Waals surface area (Å²) in [4.78, 5) is 38.0. The van der Waals surface area contributed by atoms with Gasteiger partial charge >= 0.3 is 0 Å². The molecule has 0 spiro atoms. The van der Waals surface area contributed by atoms with E-state index in [1.807, 2.05) is 31.2 Å². The first-order chi connectivity index (χ1) is 12.9. The summed E-state index contributed by atoms with van der Waals surface area (Å²) in [6.07, 6.45) is 0. The molecule has 1 heterocycles. The highest BCUT2D eigenvalue weighted by atomic mass is 16.2. The van der Waals surface area contributed by atoms with Crippen molar-refractivity contribution >= 4 is 34.7 Å². The van der Waals surface area contributed by atoms with Crippen molar-refractivity contribution < 1.29 is 14.4 Å². The van der Waals surface area contributed by atoms with Gasteiger partial charge < -0.3 is 10.6 Å². The lowest BCUT2D eigenvalue weighted by Crippen LogP contribution is -2.32. The van der Waals surface area contributed by atoms with Crippen molar-refractivity contribution in [2.24, 2.45) is 0 Å². The van der Waals surface area contributed by atoms with Gasteiger partial charge in [0.1, 0.15) is 5.70 Å². The van der Waals surface area contributed by atoms with Crippen LogP contribution in [0.15, 0.2) is 54.2 Å². The summed E-state index contributed by atoms with van der Waals surface area (Å²) in [6, 6.07) is 14.5. The Kier molecular flexibility index (Phi) is 5.07. The van der Waals surface area contributed by atoms with E-state index in [1.165, 1.54) is 11.8 Å². The fourth-order valence-corrected chi connectivity index (χ4v) is 3.04. The van der Waals surface area contributed by atoms with Crippen LogP contribution in [0.2, 0.25) is 0 Å². The second-order valence-electron chi connectivity index (χ2n) is 6.36. The SMILES string of the molecule is CCN1C(=O)C(Nc2cccc(C)c2)=C(c2ccc(NC(C)=O)cc2)C1=O. The van der Waals surface area contributed by atoms with Gasteiger partial charge in [-0.2, -0.15) is 0 Å². The number of amides is 3. The molecule has 0 atom stereocenters. The lowest BCUT2D eigenvalue weighted by Gasteiger charge is -2.12. The van der Waals surface area contributed by atoms with E-state index in [4.69, 9.17) is 0 Å². The van der Waals surface area contributed by atoms with Gasteiger partial charge in [-0.3, -0.25) is 19.3 Å². The molecule has 3 amide bonds. The molecule has 0 saturated heterocycles. The van der Waals surface area contributed by atoms with Gasteiger partial charge in [-0.1, -0.05) is 24.3 Å². The van der Waals surface area contributed by atoms with Crippen LogP contribution in [0.1, 0.15) is 25.0 Å². The quantitative estimate of drug-likeness (QED) is 0.800. The Balaban J connectivity index is 2.02. The van der Waals surface area contributed by atoms with Crippen molar-refractivity contribution in [2.45, 2.75) is 20.8 Å². The molecule has 0 unspecified atom stereocenters. The second kappa shape index (κ2) is 7.45. The summed E-state index contributed by atoms with van der Waals surface area (Å²) in [7, 11) is 0. The third-order valence-corrected chi connectivity index (χ3v) is 4.27. The Morgan fingerprint density at radius 1 is 1.00 bits per heavy atom. The summed E-state index contributed by atoms with van der Waals surface area (Å²) in [5.74, 6) is -0.845. The van der Waals surface area contributed by atoms with Crippen LogP contribution in [0, 0.1) is 6.92 Å². The maximum Gasteiger partial charge on any atom is 0.278 e. The number of aryl methyl sites for hydroxylation is 1. The predicted molar refractivity (Wildman–Crippen MR) is 105 cm³/mol. The zero-order chi connectivity index (χ0) is 19.6. The number of hydrogen-bond donors (Lipinski definition) is 2. The molecule has 0 bridgehead atoms. The van der Waals surface area contributed by atoms with Crippen molar-refractivity contribution in [1.82, 2.24) is 4.90 Å². The molecule has 1 aliphatic rings. The predicted octanol–water partition coefficient (Wildman–Crippen LogP) is 3.17. The normalized spacial score (nSPS) is 14.0. The van der Waals surface area contributed by atoms with Crippen LogP contribution in [0.25, 0.3) is 5.57 Å². The number of anilines is 2. The molecule has 138 valence electrons. The van der Waals surface area contributed by atoms with Gasteiger partial charge in [0.2, 0.25) is 5.91 Å². The van der Waals surface area contributed by atoms with Crippen LogP contribution in [0.4, 0.5) is 11.4 Å². The highest BCUT2D eigenvalue weighted by Crippen LogP contribution is 2.31. The van der Waals surface area contributed by atoms with E-state index < -0.39 is 0 Å². The topological polar surface area (TPSA) is 78.5 Å². The van der Waals surface area contributed by atoms with Crippen LogP contribution in [0.5, 0.6) is 0 Å². The number of carbonyl (C=O) groups is 3. The molecule has 1 aliphatic heterocycles. The monoisotopic (exact) mass is 363 g/mol. The summed E-state index contributed by atoms with van der Waals surface area (Å²) in [5, 5.41) is 5.81. The molecule has 2 N–H and O–H groups in total. The molecule has 0 radical (unpaired) electrons. The van der Waals surface area contributed by atoms with Crippen LogP contribution < -0.4 is 10.6 Å². The van der Waals surface area contributed by atoms with Crippen molar-refractivity contribution in [1.29, 1.82) is 0 Å². The average molecular weight is 363 g/mol. The number of benzene rings is 2. The minimum absolute atomic E-state index is 0.173. The van der Waals surface area contributed by atoms with E-state index in [0.29, 0.717) is 23.4 Å². The van der Waals surface area contributed by atoms with Crippen LogP contribution in [-0.4, -0.2) is 29.2 Å². The minimum atomic E-state index is -0.343. The Morgan fingerprint density at radius 2 is 1.70 bits per heavy atom. The molecule has 2 aromatic carbocycles. The molecule has 2 aromatic rings. The van der Waals surface area contributed by atoms with Gasteiger partial charge in [-0.25, -0.2) is 0 Å². The maximum atomic E-state index is 12.8. The zero-order valence-electron chi connectivity index (χ0n) is 15.5. The van der Waals surface area contributed by atoms with Crippen molar-refractivity contribution in [3.05, 3.63) is 65.4 Å². The van der Waals surface area contributed by atoms with Crippen molar-refractivity contribution in [3.63, 3.8) is 0 Å². The molecule has 3 rings (SSSR count). The third-order valence-electron chi connectivity index (χ3n) is 4.27. The van der Waals surface area contributed by atoms with Gasteiger partial charge in [0.25, 0.3) is 11.8 Å². The van der Waals surface area contributed by atoms with E-state index in [-0.39, 0.29) is 23.4 Å². The summed E-state index contributed by atoms with van der Waals surface area (Å²) >= 11 is 0. The minimum Gasteiger partial charge on any atom is -0.350 e. The molecular weight excluding hydrogens is 342 g/mol. The van der Waals surface area contributed by atoms with E-state index in [9.17, 15) is 14.4 Å². The van der Waals surface area contributed by atoms with E-state index in [0.717, 1.165) is 11.3 Å². The Morgan fingerprint density at radius 3 is 2.30 bits per heavy atom. The molecular formula is C21H21N3O3. The maximum absolute atomic E-state index is 12.8. The molecule has 6 nitrogen and oxygen atoms in total. The largest absolute Gasteiger partial charge is 0.350 e. The summed E-state index contributed by atoms with van der Waals surface area (Å²) < 4.78 is 0. The number of nitrogens with zero attached hydrogens (tertiary/aromatic N) is 1. The van der Waals surface area contributed by atoms with Crippen LogP contribution >= 0.6 is 0 Å². The first-order valence-electron chi connectivity index (χ1n) is 8.73. The summed E-state index contributed by atoms with van der Waals surface area (Å²) in [5.41, 5.74) is 3.64. The van der Waals surface area contributed by atoms with E-state index >= 15 is 0 Å². The zero-order valence-corrected chi connectivity index (χ0v) is 15.5. The molecule has 0 aromatic heterocycles. The number of likely N-dealkylation sites (N-methyl/N-ethyl adjacent to an activating group) is 1. The Labute approximate surface area is 157 Å². The van der Waals surface area contributed by atoms with Gasteiger partial charge in [0.15, 0.2) is 0 Å². The van der Waals surface area contributed by atoms with E-state index in [1.54, 1.807) is 31.2 Å². The fourth-order valence-electron chi connectivity index (χ4n) is 3.04. The van der Waals surface area contributed by atoms with Gasteiger partial charge in [0, 0.05) is 24.8 Å². The van der Waals surface area contributed by atoms with Gasteiger partial charge in [0.05, 0.1) is 5.57 Å². The molecule has 0 fully saturated rings. The molecule has 27 heavy (non-hydrogen) atoms. The second-order valence-corrected chi connectivity index (χ2v) is 6.36. The highest BCUT2D eigenvalue weighted by molar-refractivity contribution is 6.36. The smallest absolute Gasteiger partial charge is 0.278 e. The lowest BCUT2D eigenvalue weighted by atomic mass is 10.0. The van der Waals surface area contributed by atoms with Crippen molar-refractivity contribution in [3.8, 4) is 0 Å². The number of imide groups is 1. The standard InChI is InChI=1S/C21H21N3O3/c1-4-24-20(26)18(15-8-10-16(11-9-15)22-14(3)25)19(21(24)27)23-17-7-5-6-13(2)12-17/h5-12,23H,4H2,1-3H3,(H,22,25). The molecule has 6 heteroatoms. The van der Waals surface area contributed by atoms with Gasteiger partial charge in [-0.15, -0.1) is 0 Å². The number of rotatable bonds is 5. The van der Waals surface area contributed by atoms with Crippen LogP contribution in [0.3, 0.4) is 0 Å². The van der Waals surface area contributed by atoms with E-state index in [2.05, 4.69) is 10.6 Å². The Hall–Kier alpha value is -3.41. The molecule has 0 aliphatic carbocycles. The third kappa shape index (κ3) is 3.74. The number of nitrogens with one attached hydrogen (secondary N) is 2. The average Bonchev–Trinajstić information content (AvgIpc) is 2.85. The fraction of sp³-hybridized carbons (Fsp3) is 0.190.